The molecule has 174 valence electrons. The first kappa shape index (κ1) is 25.7. The van der Waals surface area contributed by atoms with Crippen LogP contribution in [0.4, 0.5) is 0 Å². The van der Waals surface area contributed by atoms with E-state index in [9.17, 15) is 9.59 Å². The van der Waals surface area contributed by atoms with Crippen molar-refractivity contribution in [1.29, 1.82) is 0 Å². The molecule has 0 aliphatic carbocycles. The number of carbonyl (C=O) groups excluding carboxylic acids is 2. The summed E-state index contributed by atoms with van der Waals surface area (Å²) in [6, 6.07) is 13.2. The van der Waals surface area contributed by atoms with Gasteiger partial charge in [0, 0.05) is 0 Å². The molecule has 1 atom stereocenters. The molecule has 0 radical (unpaired) electrons. The number of esters is 2. The molecule has 2 aromatic rings. The number of hydrogen-bond acceptors (Lipinski definition) is 5. The van der Waals surface area contributed by atoms with Gasteiger partial charge in [-0.05, 0) is 60.9 Å². The van der Waals surface area contributed by atoms with Gasteiger partial charge in [0.05, 0.1) is 12.2 Å². The van der Waals surface area contributed by atoms with Crippen LogP contribution in [0.1, 0.15) is 69.7 Å². The molecule has 0 unspecified atom stereocenters. The van der Waals surface area contributed by atoms with Crippen LogP contribution in [0.2, 0.25) is 0 Å². The lowest BCUT2D eigenvalue weighted by molar-refractivity contribution is -0.134. The minimum atomic E-state index is -0.717. The van der Waals surface area contributed by atoms with E-state index in [1.165, 1.54) is 32.1 Å². The molecule has 0 aliphatic rings. The number of halogens is 1. The third-order valence-electron chi connectivity index (χ3n) is 4.92. The molecule has 0 fully saturated rings. The molecule has 0 aliphatic heterocycles. The van der Waals surface area contributed by atoms with E-state index in [1.807, 2.05) is 13.8 Å². The van der Waals surface area contributed by atoms with Gasteiger partial charge in [-0.15, -0.1) is 11.6 Å². The number of carbonyl (C=O) groups is 2. The van der Waals surface area contributed by atoms with Crippen LogP contribution >= 0.6 is 11.6 Å². The predicted molar refractivity (Wildman–Crippen MR) is 127 cm³/mol. The molecule has 5 nitrogen and oxygen atoms in total. The number of rotatable bonds is 13. The zero-order valence-electron chi connectivity index (χ0n) is 19.1. The lowest BCUT2D eigenvalue weighted by Crippen LogP contribution is -2.25. The molecule has 0 bridgehead atoms. The third-order valence-corrected chi connectivity index (χ3v) is 5.60. The zero-order chi connectivity index (χ0) is 23.3. The van der Waals surface area contributed by atoms with Crippen LogP contribution in [0.25, 0.3) is 0 Å². The molecule has 0 spiro atoms. The molecule has 0 heterocycles. The minimum absolute atomic E-state index is 0.0308. The Hall–Kier alpha value is -2.53. The van der Waals surface area contributed by atoms with Gasteiger partial charge in [-0.25, -0.2) is 4.79 Å². The van der Waals surface area contributed by atoms with Crippen LogP contribution in [0, 0.1) is 5.92 Å². The van der Waals surface area contributed by atoms with Crippen molar-refractivity contribution in [2.45, 2.75) is 64.7 Å². The average molecular weight is 461 g/mol. The summed E-state index contributed by atoms with van der Waals surface area (Å²) in [7, 11) is 0. The van der Waals surface area contributed by atoms with Crippen LogP contribution in [0.3, 0.4) is 0 Å². The molecular formula is C26H33ClO5. The second kappa shape index (κ2) is 13.8. The molecular weight excluding hydrogens is 428 g/mol. The van der Waals surface area contributed by atoms with Crippen molar-refractivity contribution in [2.75, 3.05) is 6.61 Å². The topological polar surface area (TPSA) is 61.8 Å². The number of hydrogen-bond donors (Lipinski definition) is 0. The summed E-state index contributed by atoms with van der Waals surface area (Å²) in [5.74, 6) is 0.414. The van der Waals surface area contributed by atoms with E-state index in [-0.39, 0.29) is 5.92 Å². The highest BCUT2D eigenvalue weighted by Crippen LogP contribution is 2.21. The quantitative estimate of drug-likeness (QED) is 0.142. The largest absolute Gasteiger partial charge is 0.494 e. The van der Waals surface area contributed by atoms with Crippen molar-refractivity contribution in [3.05, 3.63) is 54.1 Å². The van der Waals surface area contributed by atoms with Crippen molar-refractivity contribution >= 4 is 23.5 Å². The Morgan fingerprint density at radius 1 is 0.781 bits per heavy atom. The minimum Gasteiger partial charge on any atom is -0.494 e. The maximum Gasteiger partial charge on any atom is 0.343 e. The summed E-state index contributed by atoms with van der Waals surface area (Å²) in [5.41, 5.74) is 0.425. The van der Waals surface area contributed by atoms with Gasteiger partial charge in [-0.3, -0.25) is 4.79 Å². The molecule has 2 aromatic carbocycles. The Bertz CT molecular complexity index is 830. The van der Waals surface area contributed by atoms with Crippen molar-refractivity contribution < 1.29 is 23.8 Å². The summed E-state index contributed by atoms with van der Waals surface area (Å²) in [4.78, 5) is 24.3. The molecule has 32 heavy (non-hydrogen) atoms. The van der Waals surface area contributed by atoms with Crippen molar-refractivity contribution in [3.8, 4) is 17.2 Å². The highest BCUT2D eigenvalue weighted by atomic mass is 35.5. The van der Waals surface area contributed by atoms with E-state index in [4.69, 9.17) is 25.8 Å². The van der Waals surface area contributed by atoms with Crippen LogP contribution in [0.15, 0.2) is 48.5 Å². The average Bonchev–Trinajstić information content (AvgIpc) is 2.79. The van der Waals surface area contributed by atoms with E-state index in [1.54, 1.807) is 48.5 Å². The molecule has 6 heteroatoms. The van der Waals surface area contributed by atoms with Crippen molar-refractivity contribution in [3.63, 3.8) is 0 Å². The number of benzene rings is 2. The molecule has 0 amide bonds. The Morgan fingerprint density at radius 3 is 1.91 bits per heavy atom. The Balaban J connectivity index is 1.78. The van der Waals surface area contributed by atoms with E-state index in [0.29, 0.717) is 23.7 Å². The smallest absolute Gasteiger partial charge is 0.343 e. The lowest BCUT2D eigenvalue weighted by atomic mass is 10.1. The highest BCUT2D eigenvalue weighted by molar-refractivity contribution is 6.30. The first-order valence-electron chi connectivity index (χ1n) is 11.3. The molecule has 0 saturated heterocycles. The fourth-order valence-corrected chi connectivity index (χ4v) is 2.99. The van der Waals surface area contributed by atoms with Crippen LogP contribution in [0.5, 0.6) is 17.2 Å². The van der Waals surface area contributed by atoms with Crippen molar-refractivity contribution in [2.24, 2.45) is 5.92 Å². The Kier molecular flexibility index (Phi) is 11.1. The summed E-state index contributed by atoms with van der Waals surface area (Å²) in [6.07, 6.45) is 7.28. The summed E-state index contributed by atoms with van der Waals surface area (Å²) >= 11 is 6.00. The highest BCUT2D eigenvalue weighted by Gasteiger charge is 2.21. The molecule has 0 aromatic heterocycles. The predicted octanol–water partition coefficient (Wildman–Crippen LogP) is 6.81. The van der Waals surface area contributed by atoms with E-state index < -0.39 is 17.3 Å². The second-order valence-corrected chi connectivity index (χ2v) is 8.54. The zero-order valence-corrected chi connectivity index (χ0v) is 19.9. The van der Waals surface area contributed by atoms with Gasteiger partial charge >= 0.3 is 11.9 Å². The van der Waals surface area contributed by atoms with Gasteiger partial charge < -0.3 is 14.2 Å². The summed E-state index contributed by atoms with van der Waals surface area (Å²) in [5, 5.41) is -0.717. The monoisotopic (exact) mass is 460 g/mol. The van der Waals surface area contributed by atoms with E-state index in [2.05, 4.69) is 6.92 Å². The van der Waals surface area contributed by atoms with E-state index in [0.717, 1.165) is 12.2 Å². The standard InChI is InChI=1S/C26H33ClO5/c1-4-5-6-7-8-9-18-30-21-12-10-20(11-13-21)25(28)31-22-14-16-23(17-15-22)32-26(29)24(27)19(2)3/h10-17,19,24H,4-9,18H2,1-3H3/t24-/m0/s1. The summed E-state index contributed by atoms with van der Waals surface area (Å²) in [6.45, 7) is 6.57. The van der Waals surface area contributed by atoms with Gasteiger partial charge in [-0.1, -0.05) is 52.9 Å². The normalized spacial score (nSPS) is 11.8. The fourth-order valence-electron chi connectivity index (χ4n) is 2.95. The van der Waals surface area contributed by atoms with E-state index >= 15 is 0 Å². The summed E-state index contributed by atoms with van der Waals surface area (Å²) < 4.78 is 16.4. The maximum absolute atomic E-state index is 12.4. The van der Waals surface area contributed by atoms with Gasteiger partial charge in [0.1, 0.15) is 22.6 Å². The second-order valence-electron chi connectivity index (χ2n) is 8.07. The molecule has 0 N–H and O–H groups in total. The Morgan fingerprint density at radius 2 is 1.31 bits per heavy atom. The van der Waals surface area contributed by atoms with Crippen LogP contribution in [-0.2, 0) is 4.79 Å². The van der Waals surface area contributed by atoms with Gasteiger partial charge in [0.2, 0.25) is 0 Å². The molecule has 0 saturated carbocycles. The first-order chi connectivity index (χ1) is 15.4. The number of unbranched alkanes of at least 4 members (excludes halogenated alkanes) is 5. The fraction of sp³-hybridized carbons (Fsp3) is 0.462. The van der Waals surface area contributed by atoms with Crippen LogP contribution < -0.4 is 14.2 Å². The molecule has 2 rings (SSSR count). The SMILES string of the molecule is CCCCCCCCOc1ccc(C(=O)Oc2ccc(OC(=O)[C@@H](Cl)C(C)C)cc2)cc1. The number of ether oxygens (including phenoxy) is 3. The van der Waals surface area contributed by atoms with Gasteiger partial charge in [-0.2, -0.15) is 0 Å². The van der Waals surface area contributed by atoms with Gasteiger partial charge in [0.25, 0.3) is 0 Å². The Labute approximate surface area is 196 Å². The maximum atomic E-state index is 12.4. The lowest BCUT2D eigenvalue weighted by Gasteiger charge is -2.12. The van der Waals surface area contributed by atoms with Crippen molar-refractivity contribution in [1.82, 2.24) is 0 Å². The van der Waals surface area contributed by atoms with Crippen LogP contribution in [-0.4, -0.2) is 23.9 Å². The first-order valence-corrected chi connectivity index (χ1v) is 11.7. The third kappa shape index (κ3) is 8.91. The van der Waals surface area contributed by atoms with Gasteiger partial charge in [0.15, 0.2) is 0 Å². The number of alkyl halides is 1.